The molecule has 1 aromatic heterocycles. The quantitative estimate of drug-likeness (QED) is 0.523. The van der Waals surface area contributed by atoms with E-state index in [0.29, 0.717) is 18.0 Å². The Morgan fingerprint density at radius 2 is 1.97 bits per heavy atom. The molecule has 162 valence electrons. The smallest absolute Gasteiger partial charge is 0.322 e. The first kappa shape index (κ1) is 21.4. The molecule has 4 nitrogen and oxygen atoms in total. The van der Waals surface area contributed by atoms with Crippen LogP contribution in [0.4, 0.5) is 14.9 Å². The number of halogens is 1. The highest BCUT2D eigenvalue weighted by Gasteiger charge is 2.35. The van der Waals surface area contributed by atoms with Gasteiger partial charge in [-0.1, -0.05) is 25.1 Å². The summed E-state index contributed by atoms with van der Waals surface area (Å²) in [5.41, 5.74) is 5.32. The fraction of sp³-hybridized carbons (Fsp3) is 0.320. The molecule has 4 rings (SSSR count). The Hall–Kier alpha value is -2.86. The number of hydrogen-bond donors (Lipinski definition) is 1. The lowest BCUT2D eigenvalue weighted by molar-refractivity contribution is 0.195. The molecule has 1 N–H and O–H groups in total. The molecule has 0 saturated heterocycles. The van der Waals surface area contributed by atoms with E-state index in [1.54, 1.807) is 30.6 Å². The zero-order chi connectivity index (χ0) is 22.1. The summed E-state index contributed by atoms with van der Waals surface area (Å²) in [5, 5.41) is 3.04. The van der Waals surface area contributed by atoms with Gasteiger partial charge >= 0.3 is 6.03 Å². The summed E-state index contributed by atoms with van der Waals surface area (Å²) in [4.78, 5) is 17.8. The van der Waals surface area contributed by atoms with Gasteiger partial charge in [0.1, 0.15) is 11.6 Å². The number of nitrogens with one attached hydrogen (secondary N) is 1. The molecule has 0 bridgehead atoms. The van der Waals surface area contributed by atoms with Gasteiger partial charge in [0, 0.05) is 16.3 Å². The van der Waals surface area contributed by atoms with Crippen molar-refractivity contribution in [3.8, 4) is 5.75 Å². The van der Waals surface area contributed by atoms with Crippen LogP contribution in [-0.4, -0.2) is 24.6 Å². The van der Waals surface area contributed by atoms with Crippen molar-refractivity contribution in [1.82, 2.24) is 4.90 Å². The van der Waals surface area contributed by atoms with Gasteiger partial charge in [-0.25, -0.2) is 9.18 Å². The molecule has 1 aliphatic rings. The van der Waals surface area contributed by atoms with Crippen molar-refractivity contribution in [2.75, 3.05) is 19.0 Å². The Morgan fingerprint density at radius 3 is 2.65 bits per heavy atom. The number of nitrogens with zero attached hydrogens (tertiary/aromatic N) is 1. The lowest BCUT2D eigenvalue weighted by Gasteiger charge is -2.36. The van der Waals surface area contributed by atoms with Crippen molar-refractivity contribution in [3.63, 3.8) is 0 Å². The van der Waals surface area contributed by atoms with Crippen LogP contribution in [0.15, 0.2) is 42.5 Å². The zero-order valence-electron chi connectivity index (χ0n) is 18.3. The summed E-state index contributed by atoms with van der Waals surface area (Å²) in [6.45, 7) is 6.89. The fourth-order valence-electron chi connectivity index (χ4n) is 4.41. The molecular weight excluding hydrogens is 411 g/mol. The number of benzene rings is 2. The van der Waals surface area contributed by atoms with Crippen molar-refractivity contribution in [2.24, 2.45) is 0 Å². The summed E-state index contributed by atoms with van der Waals surface area (Å²) in [5.74, 6) is 0.340. The third-order valence-electron chi connectivity index (χ3n) is 5.91. The van der Waals surface area contributed by atoms with Gasteiger partial charge in [-0.15, -0.1) is 11.3 Å². The second kappa shape index (κ2) is 8.71. The third kappa shape index (κ3) is 4.04. The van der Waals surface area contributed by atoms with Crippen LogP contribution >= 0.6 is 11.3 Å². The molecule has 0 spiro atoms. The first-order chi connectivity index (χ1) is 14.9. The summed E-state index contributed by atoms with van der Waals surface area (Å²) < 4.78 is 19.1. The number of rotatable bonds is 4. The van der Waals surface area contributed by atoms with Crippen molar-refractivity contribution < 1.29 is 13.9 Å². The zero-order valence-corrected chi connectivity index (χ0v) is 19.1. The lowest BCUT2D eigenvalue weighted by atomic mass is 9.92. The maximum atomic E-state index is 13.6. The number of aryl methyl sites for hydroxylation is 2. The molecule has 0 unspecified atom stereocenters. The van der Waals surface area contributed by atoms with Crippen LogP contribution < -0.4 is 10.1 Å². The molecule has 0 fully saturated rings. The maximum Gasteiger partial charge on any atom is 0.322 e. The Bertz CT molecular complexity index is 1110. The van der Waals surface area contributed by atoms with E-state index >= 15 is 0 Å². The van der Waals surface area contributed by atoms with Gasteiger partial charge in [0.25, 0.3) is 0 Å². The molecule has 0 saturated carbocycles. The third-order valence-corrected chi connectivity index (χ3v) is 7.15. The molecule has 2 amide bonds. The normalized spacial score (nSPS) is 15.5. The highest BCUT2D eigenvalue weighted by atomic mass is 32.1. The van der Waals surface area contributed by atoms with Gasteiger partial charge in [0.2, 0.25) is 0 Å². The molecule has 0 aliphatic carbocycles. The number of amides is 2. The monoisotopic (exact) mass is 438 g/mol. The Balaban J connectivity index is 1.74. The van der Waals surface area contributed by atoms with Gasteiger partial charge in [-0.05, 0) is 73.2 Å². The van der Waals surface area contributed by atoms with E-state index in [0.717, 1.165) is 24.0 Å². The molecule has 2 heterocycles. The molecule has 1 aliphatic heterocycles. The summed E-state index contributed by atoms with van der Waals surface area (Å²) >= 11 is 1.75. The molecule has 0 radical (unpaired) electrons. The van der Waals surface area contributed by atoms with E-state index < -0.39 is 0 Å². The van der Waals surface area contributed by atoms with Gasteiger partial charge < -0.3 is 15.0 Å². The highest BCUT2D eigenvalue weighted by molar-refractivity contribution is 7.12. The molecule has 31 heavy (non-hydrogen) atoms. The van der Waals surface area contributed by atoms with Gasteiger partial charge in [0.15, 0.2) is 0 Å². The van der Waals surface area contributed by atoms with Crippen molar-refractivity contribution in [2.45, 2.75) is 39.7 Å². The number of methoxy groups -OCH3 is 1. The minimum Gasteiger partial charge on any atom is -0.495 e. The standard InChI is InChI=1S/C25H27FN2O2S/c1-5-19-16(3)31-24-20(19)12-13-28(23(24)17-7-9-18(26)10-8-17)25(29)27-21-14-15(2)6-11-22(21)30-4/h6-11,14,23H,5,12-13H2,1-4H3,(H,27,29)/t23-/m1/s1. The van der Waals surface area contributed by atoms with Crippen LogP contribution in [0.2, 0.25) is 0 Å². The van der Waals surface area contributed by atoms with Gasteiger partial charge in [0.05, 0.1) is 18.8 Å². The second-order valence-corrected chi connectivity index (χ2v) is 9.12. The predicted octanol–water partition coefficient (Wildman–Crippen LogP) is 6.25. The number of carbonyl (C=O) groups excluding carboxylic acids is 1. The van der Waals surface area contributed by atoms with E-state index in [4.69, 9.17) is 4.74 Å². The van der Waals surface area contributed by atoms with E-state index in [1.807, 2.05) is 30.0 Å². The second-order valence-electron chi connectivity index (χ2n) is 7.86. The first-order valence-electron chi connectivity index (χ1n) is 10.5. The lowest BCUT2D eigenvalue weighted by Crippen LogP contribution is -2.42. The van der Waals surface area contributed by atoms with Crippen LogP contribution in [0.1, 0.15) is 45.0 Å². The van der Waals surface area contributed by atoms with Gasteiger partial charge in [-0.3, -0.25) is 0 Å². The van der Waals surface area contributed by atoms with Crippen LogP contribution in [0.3, 0.4) is 0 Å². The number of ether oxygens (including phenoxy) is 1. The first-order valence-corrected chi connectivity index (χ1v) is 11.3. The molecule has 6 heteroatoms. The molecule has 3 aromatic rings. The number of carbonyl (C=O) groups is 1. The average molecular weight is 439 g/mol. The maximum absolute atomic E-state index is 13.6. The minimum atomic E-state index is -0.281. The summed E-state index contributed by atoms with van der Waals surface area (Å²) in [7, 11) is 1.59. The predicted molar refractivity (Wildman–Crippen MR) is 124 cm³/mol. The minimum absolute atomic E-state index is 0.187. The fourth-order valence-corrected chi connectivity index (χ4v) is 5.86. The average Bonchev–Trinajstić information content (AvgIpc) is 3.08. The van der Waals surface area contributed by atoms with Crippen LogP contribution in [0, 0.1) is 19.7 Å². The van der Waals surface area contributed by atoms with E-state index in [2.05, 4.69) is 19.2 Å². The number of urea groups is 1. The number of hydrogen-bond acceptors (Lipinski definition) is 3. The largest absolute Gasteiger partial charge is 0.495 e. The van der Waals surface area contributed by atoms with Gasteiger partial charge in [-0.2, -0.15) is 0 Å². The molecule has 2 aromatic carbocycles. The topological polar surface area (TPSA) is 41.6 Å². The van der Waals surface area contributed by atoms with Crippen molar-refractivity contribution in [3.05, 3.63) is 80.3 Å². The van der Waals surface area contributed by atoms with E-state index in [9.17, 15) is 9.18 Å². The van der Waals surface area contributed by atoms with Crippen LogP contribution in [0.5, 0.6) is 5.75 Å². The SMILES string of the molecule is CCc1c(C)sc2c1CCN(C(=O)Nc1cc(C)ccc1OC)[C@@H]2c1ccc(F)cc1. The van der Waals surface area contributed by atoms with Crippen LogP contribution in [-0.2, 0) is 12.8 Å². The Labute approximate surface area is 186 Å². The van der Waals surface area contributed by atoms with E-state index in [-0.39, 0.29) is 17.9 Å². The van der Waals surface area contributed by atoms with Crippen molar-refractivity contribution in [1.29, 1.82) is 0 Å². The summed E-state index contributed by atoms with van der Waals surface area (Å²) in [6, 6.07) is 11.8. The number of anilines is 1. The highest BCUT2D eigenvalue weighted by Crippen LogP contribution is 2.43. The van der Waals surface area contributed by atoms with E-state index in [1.165, 1.54) is 33.0 Å². The van der Waals surface area contributed by atoms with Crippen LogP contribution in [0.25, 0.3) is 0 Å². The Morgan fingerprint density at radius 1 is 1.23 bits per heavy atom. The Kier molecular flexibility index (Phi) is 6.01. The number of thiophene rings is 1. The molecular formula is C25H27FN2O2S. The number of fused-ring (bicyclic) bond motifs is 1. The van der Waals surface area contributed by atoms with Crippen molar-refractivity contribution >= 4 is 23.1 Å². The molecule has 1 atom stereocenters. The summed E-state index contributed by atoms with van der Waals surface area (Å²) in [6.07, 6.45) is 1.79.